The third kappa shape index (κ3) is 2.57. The van der Waals surface area contributed by atoms with Gasteiger partial charge >= 0.3 is 6.03 Å². The number of nitrogens with zero attached hydrogens (tertiary/aromatic N) is 2. The number of amides is 2. The third-order valence-electron chi connectivity index (χ3n) is 4.78. The van der Waals surface area contributed by atoms with Crippen LogP contribution in [0.5, 0.6) is 5.75 Å². The highest BCUT2D eigenvalue weighted by molar-refractivity contribution is 7.98. The molecule has 2 atom stereocenters. The third-order valence-corrected chi connectivity index (χ3v) is 5.50. The standard InChI is InChI=1S/C18H17N3O4S/c1-18-10-15(14-9-12(21(23)24)6-7-16(14)25-18)19-17(22)20(18)11-4-3-5-13(8-11)26-2/h3-9,15H,10H2,1-2H3,(H,19,22). The van der Waals surface area contributed by atoms with Crippen molar-refractivity contribution >= 4 is 29.2 Å². The second kappa shape index (κ2) is 5.91. The summed E-state index contributed by atoms with van der Waals surface area (Å²) in [5, 5.41) is 14.0. The summed E-state index contributed by atoms with van der Waals surface area (Å²) in [5.41, 5.74) is 0.510. The molecule has 2 amide bonds. The molecule has 8 heteroatoms. The minimum Gasteiger partial charge on any atom is -0.467 e. The first-order valence-electron chi connectivity index (χ1n) is 8.13. The predicted octanol–water partition coefficient (Wildman–Crippen LogP) is 4.09. The van der Waals surface area contributed by atoms with E-state index in [0.717, 1.165) is 10.6 Å². The van der Waals surface area contributed by atoms with Gasteiger partial charge in [-0.15, -0.1) is 11.8 Å². The zero-order valence-corrected chi connectivity index (χ0v) is 15.1. The van der Waals surface area contributed by atoms with Gasteiger partial charge in [-0.1, -0.05) is 6.07 Å². The Bertz CT molecular complexity index is 919. The summed E-state index contributed by atoms with van der Waals surface area (Å²) < 4.78 is 6.17. The van der Waals surface area contributed by atoms with Gasteiger partial charge in [0.1, 0.15) is 5.75 Å². The molecule has 2 aromatic carbocycles. The van der Waals surface area contributed by atoms with Crippen LogP contribution in [0.25, 0.3) is 0 Å². The molecule has 0 radical (unpaired) electrons. The minimum atomic E-state index is -0.868. The van der Waals surface area contributed by atoms with Crippen molar-refractivity contribution in [1.82, 2.24) is 5.32 Å². The fraction of sp³-hybridized carbons (Fsp3) is 0.278. The van der Waals surface area contributed by atoms with Gasteiger partial charge in [-0.25, -0.2) is 4.79 Å². The number of hydrogen-bond donors (Lipinski definition) is 1. The maximum Gasteiger partial charge on any atom is 0.325 e. The van der Waals surface area contributed by atoms with E-state index in [-0.39, 0.29) is 17.8 Å². The Labute approximate surface area is 154 Å². The molecule has 1 fully saturated rings. The lowest BCUT2D eigenvalue weighted by Gasteiger charge is -2.50. The molecule has 2 aliphatic rings. The fourth-order valence-corrected chi connectivity index (χ4v) is 4.07. The zero-order valence-electron chi connectivity index (χ0n) is 14.3. The van der Waals surface area contributed by atoms with E-state index in [9.17, 15) is 14.9 Å². The lowest BCUT2D eigenvalue weighted by atomic mass is 9.90. The van der Waals surface area contributed by atoms with Crippen molar-refractivity contribution in [3.63, 3.8) is 0 Å². The van der Waals surface area contributed by atoms with E-state index in [4.69, 9.17) is 4.74 Å². The number of hydrogen-bond acceptors (Lipinski definition) is 5. The zero-order chi connectivity index (χ0) is 18.5. The quantitative estimate of drug-likeness (QED) is 0.499. The van der Waals surface area contributed by atoms with Gasteiger partial charge in [0.05, 0.1) is 16.7 Å². The van der Waals surface area contributed by atoms with Crippen LogP contribution in [-0.4, -0.2) is 22.9 Å². The number of fused-ring (bicyclic) bond motifs is 4. The molecule has 2 aliphatic heterocycles. The van der Waals surface area contributed by atoms with Gasteiger partial charge < -0.3 is 10.1 Å². The van der Waals surface area contributed by atoms with Gasteiger partial charge in [0.15, 0.2) is 5.72 Å². The molecule has 7 nitrogen and oxygen atoms in total. The number of non-ortho nitro benzene ring substituents is 1. The highest BCUT2D eigenvalue weighted by Crippen LogP contribution is 2.46. The van der Waals surface area contributed by atoms with Gasteiger partial charge in [-0.2, -0.15) is 0 Å². The van der Waals surface area contributed by atoms with Crippen LogP contribution in [0.2, 0.25) is 0 Å². The number of anilines is 1. The van der Waals surface area contributed by atoms with E-state index in [0.29, 0.717) is 17.7 Å². The molecule has 0 aliphatic carbocycles. The second-order valence-electron chi connectivity index (χ2n) is 6.50. The normalized spacial score (nSPS) is 23.7. The number of carbonyl (C=O) groups excluding carboxylic acids is 1. The van der Waals surface area contributed by atoms with Crippen molar-refractivity contribution in [3.8, 4) is 5.75 Å². The Morgan fingerprint density at radius 3 is 2.88 bits per heavy atom. The summed E-state index contributed by atoms with van der Waals surface area (Å²) in [7, 11) is 0. The van der Waals surface area contributed by atoms with Gasteiger partial charge in [0.2, 0.25) is 0 Å². The summed E-state index contributed by atoms with van der Waals surface area (Å²) in [4.78, 5) is 26.1. The molecule has 2 heterocycles. The highest BCUT2D eigenvalue weighted by atomic mass is 32.2. The predicted molar refractivity (Wildman–Crippen MR) is 98.7 cm³/mol. The molecule has 2 bridgehead atoms. The number of thioether (sulfide) groups is 1. The summed E-state index contributed by atoms with van der Waals surface area (Å²) in [6, 6.07) is 11.6. The van der Waals surface area contributed by atoms with Crippen LogP contribution in [-0.2, 0) is 0 Å². The van der Waals surface area contributed by atoms with Crippen LogP contribution in [0.1, 0.15) is 24.9 Å². The molecule has 0 aromatic heterocycles. The average Bonchev–Trinajstić information content (AvgIpc) is 2.60. The van der Waals surface area contributed by atoms with E-state index < -0.39 is 10.6 Å². The van der Waals surface area contributed by atoms with Crippen molar-refractivity contribution in [2.24, 2.45) is 0 Å². The number of carbonyl (C=O) groups is 1. The fourth-order valence-electron chi connectivity index (χ4n) is 3.62. The first kappa shape index (κ1) is 16.7. The summed E-state index contributed by atoms with van der Waals surface area (Å²) in [6.45, 7) is 1.87. The molecular formula is C18H17N3O4S. The SMILES string of the molecule is CSc1cccc(N2C(=O)NC3CC2(C)Oc2ccc([N+](=O)[O-])cc23)c1. The van der Waals surface area contributed by atoms with E-state index in [1.807, 2.05) is 37.4 Å². The molecule has 4 rings (SSSR count). The molecule has 2 unspecified atom stereocenters. The van der Waals surface area contributed by atoms with E-state index in [1.165, 1.54) is 12.1 Å². The maximum atomic E-state index is 12.8. The number of nitro benzene ring substituents is 1. The van der Waals surface area contributed by atoms with Crippen LogP contribution in [0.15, 0.2) is 47.4 Å². The summed E-state index contributed by atoms with van der Waals surface area (Å²) in [5.74, 6) is 0.556. The van der Waals surface area contributed by atoms with Crippen LogP contribution >= 0.6 is 11.8 Å². The number of urea groups is 1. The van der Waals surface area contributed by atoms with E-state index >= 15 is 0 Å². The van der Waals surface area contributed by atoms with Gasteiger partial charge in [-0.3, -0.25) is 15.0 Å². The number of nitrogens with one attached hydrogen (secondary N) is 1. The average molecular weight is 371 g/mol. The molecule has 26 heavy (non-hydrogen) atoms. The number of ether oxygens (including phenoxy) is 1. The minimum absolute atomic E-state index is 0.0136. The van der Waals surface area contributed by atoms with Crippen LogP contribution < -0.4 is 15.0 Å². The van der Waals surface area contributed by atoms with E-state index in [2.05, 4.69) is 5.32 Å². The largest absolute Gasteiger partial charge is 0.467 e. The van der Waals surface area contributed by atoms with Crippen molar-refractivity contribution < 1.29 is 14.5 Å². The lowest BCUT2D eigenvalue weighted by Crippen LogP contribution is -2.65. The Hall–Kier alpha value is -2.74. The molecular weight excluding hydrogens is 354 g/mol. The Morgan fingerprint density at radius 1 is 1.35 bits per heavy atom. The van der Waals surface area contributed by atoms with Crippen LogP contribution in [0, 0.1) is 10.1 Å². The van der Waals surface area contributed by atoms with Crippen molar-refractivity contribution in [3.05, 3.63) is 58.1 Å². The summed E-state index contributed by atoms with van der Waals surface area (Å²) >= 11 is 1.60. The van der Waals surface area contributed by atoms with Crippen molar-refractivity contribution in [1.29, 1.82) is 0 Å². The first-order valence-corrected chi connectivity index (χ1v) is 9.36. The molecule has 1 N–H and O–H groups in total. The number of nitro groups is 1. The van der Waals surface area contributed by atoms with Gasteiger partial charge in [-0.05, 0) is 37.4 Å². The Kier molecular flexibility index (Phi) is 3.80. The molecule has 2 aromatic rings. The van der Waals surface area contributed by atoms with Gasteiger partial charge in [0, 0.05) is 29.0 Å². The topological polar surface area (TPSA) is 84.7 Å². The maximum absolute atomic E-state index is 12.8. The molecule has 0 saturated carbocycles. The lowest BCUT2D eigenvalue weighted by molar-refractivity contribution is -0.385. The highest BCUT2D eigenvalue weighted by Gasteiger charge is 2.50. The molecule has 1 saturated heterocycles. The first-order chi connectivity index (χ1) is 12.4. The van der Waals surface area contributed by atoms with Crippen molar-refractivity contribution in [2.45, 2.75) is 30.0 Å². The van der Waals surface area contributed by atoms with E-state index in [1.54, 1.807) is 22.7 Å². The van der Waals surface area contributed by atoms with Crippen LogP contribution in [0.3, 0.4) is 0 Å². The monoisotopic (exact) mass is 371 g/mol. The van der Waals surface area contributed by atoms with Crippen molar-refractivity contribution in [2.75, 3.05) is 11.2 Å². The Morgan fingerprint density at radius 2 is 2.15 bits per heavy atom. The molecule has 0 spiro atoms. The Balaban J connectivity index is 1.77. The van der Waals surface area contributed by atoms with Gasteiger partial charge in [0.25, 0.3) is 5.69 Å². The smallest absolute Gasteiger partial charge is 0.325 e. The number of benzene rings is 2. The summed E-state index contributed by atoms with van der Waals surface area (Å²) in [6.07, 6.45) is 2.48. The van der Waals surface area contributed by atoms with Crippen LogP contribution in [0.4, 0.5) is 16.2 Å². The number of rotatable bonds is 3. The molecule has 134 valence electrons. The second-order valence-corrected chi connectivity index (χ2v) is 7.38.